The van der Waals surface area contributed by atoms with E-state index in [4.69, 9.17) is 0 Å². The SMILES string of the molecule is CCC1NC(=O)C=CC1(c1ccnc(C)c1)[N+](=O)[O-]. The van der Waals surface area contributed by atoms with Gasteiger partial charge < -0.3 is 5.32 Å². The minimum atomic E-state index is -1.42. The topological polar surface area (TPSA) is 85.1 Å². The molecule has 0 saturated heterocycles. The van der Waals surface area contributed by atoms with Crippen molar-refractivity contribution in [1.29, 1.82) is 0 Å². The van der Waals surface area contributed by atoms with E-state index in [1.165, 1.54) is 12.2 Å². The predicted octanol–water partition coefficient (Wildman–Crippen LogP) is 1.33. The third-order valence-corrected chi connectivity index (χ3v) is 3.41. The zero-order valence-corrected chi connectivity index (χ0v) is 10.8. The molecule has 0 radical (unpaired) electrons. The first-order chi connectivity index (χ1) is 9.00. The van der Waals surface area contributed by atoms with Crippen LogP contribution in [0.1, 0.15) is 24.6 Å². The van der Waals surface area contributed by atoms with E-state index in [1.807, 2.05) is 6.92 Å². The van der Waals surface area contributed by atoms with Crippen LogP contribution in [0.4, 0.5) is 0 Å². The van der Waals surface area contributed by atoms with Crippen LogP contribution < -0.4 is 5.32 Å². The van der Waals surface area contributed by atoms with Gasteiger partial charge in [0.05, 0.1) is 0 Å². The number of nitro groups is 1. The largest absolute Gasteiger partial charge is 0.342 e. The lowest BCUT2D eigenvalue weighted by Gasteiger charge is -2.33. The van der Waals surface area contributed by atoms with Gasteiger partial charge in [-0.3, -0.25) is 19.9 Å². The molecule has 19 heavy (non-hydrogen) atoms. The molecule has 6 heteroatoms. The van der Waals surface area contributed by atoms with Crippen LogP contribution in [0.25, 0.3) is 0 Å². The second-order valence-electron chi connectivity index (χ2n) is 4.57. The van der Waals surface area contributed by atoms with Crippen LogP contribution in [-0.4, -0.2) is 21.9 Å². The summed E-state index contributed by atoms with van der Waals surface area (Å²) in [5, 5.41) is 14.3. The number of carbonyl (C=O) groups is 1. The Morgan fingerprint density at radius 3 is 2.89 bits per heavy atom. The number of nitrogens with one attached hydrogen (secondary N) is 1. The summed E-state index contributed by atoms with van der Waals surface area (Å²) in [4.78, 5) is 26.8. The molecule has 100 valence electrons. The first-order valence-electron chi connectivity index (χ1n) is 6.08. The van der Waals surface area contributed by atoms with E-state index in [0.717, 1.165) is 0 Å². The standard InChI is InChI=1S/C13H15N3O3/c1-3-11-13(16(18)19,6-4-12(17)15-11)10-5-7-14-9(2)8-10/h4-8,11H,3H2,1-2H3,(H,15,17). The average molecular weight is 261 g/mol. The zero-order valence-electron chi connectivity index (χ0n) is 10.8. The highest BCUT2D eigenvalue weighted by Crippen LogP contribution is 2.34. The number of pyridine rings is 1. The first-order valence-corrected chi connectivity index (χ1v) is 6.08. The zero-order chi connectivity index (χ0) is 14.0. The molecule has 0 fully saturated rings. The maximum Gasteiger partial charge on any atom is 0.285 e. The molecule has 1 N–H and O–H groups in total. The van der Waals surface area contributed by atoms with E-state index in [0.29, 0.717) is 17.7 Å². The highest BCUT2D eigenvalue weighted by atomic mass is 16.6. The molecule has 2 heterocycles. The van der Waals surface area contributed by atoms with Crippen molar-refractivity contribution in [3.8, 4) is 0 Å². The summed E-state index contributed by atoms with van der Waals surface area (Å²) in [6.07, 6.45) is 4.63. The van der Waals surface area contributed by atoms with Gasteiger partial charge in [0.15, 0.2) is 0 Å². The lowest BCUT2D eigenvalue weighted by atomic mass is 9.80. The van der Waals surface area contributed by atoms with Crippen molar-refractivity contribution in [2.24, 2.45) is 0 Å². The summed E-state index contributed by atoms with van der Waals surface area (Å²) in [5.74, 6) is -0.296. The van der Waals surface area contributed by atoms with Crippen molar-refractivity contribution >= 4 is 5.91 Å². The second kappa shape index (κ2) is 4.79. The average Bonchev–Trinajstić information content (AvgIpc) is 2.38. The van der Waals surface area contributed by atoms with Crippen LogP contribution in [0.5, 0.6) is 0 Å². The van der Waals surface area contributed by atoms with Crippen molar-refractivity contribution in [3.63, 3.8) is 0 Å². The smallest absolute Gasteiger partial charge is 0.285 e. The molecular formula is C13H15N3O3. The van der Waals surface area contributed by atoms with Gasteiger partial charge in [-0.15, -0.1) is 0 Å². The Kier molecular flexibility index (Phi) is 3.33. The molecule has 0 saturated carbocycles. The Hall–Kier alpha value is -2.24. The summed E-state index contributed by atoms with van der Waals surface area (Å²) in [7, 11) is 0. The van der Waals surface area contributed by atoms with Crippen LogP contribution in [-0.2, 0) is 10.3 Å². The maximum atomic E-state index is 11.6. The van der Waals surface area contributed by atoms with Gasteiger partial charge >= 0.3 is 0 Å². The van der Waals surface area contributed by atoms with E-state index in [2.05, 4.69) is 10.3 Å². The lowest BCUT2D eigenvalue weighted by Crippen LogP contribution is -2.56. The Morgan fingerprint density at radius 2 is 2.32 bits per heavy atom. The molecule has 0 bridgehead atoms. The van der Waals surface area contributed by atoms with Gasteiger partial charge in [0, 0.05) is 34.5 Å². The second-order valence-corrected chi connectivity index (χ2v) is 4.57. The summed E-state index contributed by atoms with van der Waals surface area (Å²) in [6.45, 7) is 3.60. The number of carbonyl (C=O) groups excluding carboxylic acids is 1. The molecule has 2 rings (SSSR count). The van der Waals surface area contributed by atoms with Crippen molar-refractivity contribution in [1.82, 2.24) is 10.3 Å². The first kappa shape index (κ1) is 13.2. The third-order valence-electron chi connectivity index (χ3n) is 3.41. The van der Waals surface area contributed by atoms with Gasteiger partial charge in [-0.25, -0.2) is 0 Å². The van der Waals surface area contributed by atoms with Crippen LogP contribution in [0.3, 0.4) is 0 Å². The van der Waals surface area contributed by atoms with Crippen LogP contribution in [0.15, 0.2) is 30.5 Å². The molecule has 6 nitrogen and oxygen atoms in total. The highest BCUT2D eigenvalue weighted by Gasteiger charge is 2.51. The molecule has 2 unspecified atom stereocenters. The monoisotopic (exact) mass is 261 g/mol. The van der Waals surface area contributed by atoms with E-state index in [9.17, 15) is 14.9 Å². The number of aromatic nitrogens is 1. The molecule has 1 aliphatic heterocycles. The molecule has 1 aromatic rings. The van der Waals surface area contributed by atoms with E-state index in [1.54, 1.807) is 25.3 Å². The van der Waals surface area contributed by atoms with Gasteiger partial charge in [0.25, 0.3) is 5.54 Å². The number of nitrogens with zero attached hydrogens (tertiary/aromatic N) is 2. The molecule has 2 atom stereocenters. The maximum absolute atomic E-state index is 11.6. The molecule has 0 spiro atoms. The van der Waals surface area contributed by atoms with Crippen molar-refractivity contribution in [3.05, 3.63) is 51.9 Å². The van der Waals surface area contributed by atoms with Gasteiger partial charge in [-0.05, 0) is 25.5 Å². The van der Waals surface area contributed by atoms with Crippen molar-refractivity contribution in [2.75, 3.05) is 0 Å². The molecule has 1 aliphatic rings. The fraction of sp³-hybridized carbons (Fsp3) is 0.385. The molecule has 0 aliphatic carbocycles. The normalized spacial score (nSPS) is 26.0. The highest BCUT2D eigenvalue weighted by molar-refractivity contribution is 5.89. The third kappa shape index (κ3) is 2.09. The van der Waals surface area contributed by atoms with Crippen molar-refractivity contribution < 1.29 is 9.72 Å². The predicted molar refractivity (Wildman–Crippen MR) is 69.0 cm³/mol. The molecule has 0 aromatic carbocycles. The van der Waals surface area contributed by atoms with Crippen LogP contribution >= 0.6 is 0 Å². The number of hydrogen-bond donors (Lipinski definition) is 1. The van der Waals surface area contributed by atoms with Crippen molar-refractivity contribution in [2.45, 2.75) is 31.8 Å². The van der Waals surface area contributed by atoms with E-state index < -0.39 is 11.6 Å². The fourth-order valence-corrected chi connectivity index (χ4v) is 2.45. The Balaban J connectivity index is 2.63. The van der Waals surface area contributed by atoms with Crippen LogP contribution in [0, 0.1) is 17.0 Å². The van der Waals surface area contributed by atoms with Gasteiger partial charge in [0.1, 0.15) is 6.04 Å². The summed E-state index contributed by atoms with van der Waals surface area (Å²) in [5.41, 5.74) is -0.178. The van der Waals surface area contributed by atoms with Gasteiger partial charge in [0.2, 0.25) is 5.91 Å². The summed E-state index contributed by atoms with van der Waals surface area (Å²) in [6, 6.07) is 2.75. The quantitative estimate of drug-likeness (QED) is 0.657. The number of hydrogen-bond acceptors (Lipinski definition) is 4. The van der Waals surface area contributed by atoms with E-state index in [-0.39, 0.29) is 10.8 Å². The van der Waals surface area contributed by atoms with Gasteiger partial charge in [-0.2, -0.15) is 0 Å². The number of aryl methyl sites for hydroxylation is 1. The number of rotatable bonds is 3. The lowest BCUT2D eigenvalue weighted by molar-refractivity contribution is -0.569. The van der Waals surface area contributed by atoms with E-state index >= 15 is 0 Å². The summed E-state index contributed by atoms with van der Waals surface area (Å²) >= 11 is 0. The molecule has 1 aromatic heterocycles. The Labute approximate surface area is 110 Å². The Bertz CT molecular complexity index is 556. The summed E-state index contributed by atoms with van der Waals surface area (Å²) < 4.78 is 0. The molecular weight excluding hydrogens is 246 g/mol. The molecule has 1 amide bonds. The minimum absolute atomic E-state index is 0.296. The minimum Gasteiger partial charge on any atom is -0.342 e. The Morgan fingerprint density at radius 1 is 1.58 bits per heavy atom. The van der Waals surface area contributed by atoms with Gasteiger partial charge in [-0.1, -0.05) is 6.92 Å². The van der Waals surface area contributed by atoms with Crippen LogP contribution in [0.2, 0.25) is 0 Å². The fourth-order valence-electron chi connectivity index (χ4n) is 2.45. The number of amides is 1.